The summed E-state index contributed by atoms with van der Waals surface area (Å²) in [6.45, 7) is 3.95. The van der Waals surface area contributed by atoms with Gasteiger partial charge in [0.25, 0.3) is 0 Å². The predicted molar refractivity (Wildman–Crippen MR) is 78.2 cm³/mol. The molecule has 0 saturated heterocycles. The Labute approximate surface area is 113 Å². The topological polar surface area (TPSA) is 72.2 Å². The molecule has 0 aliphatic carbocycles. The molecule has 0 saturated carbocycles. The summed E-state index contributed by atoms with van der Waals surface area (Å²) in [6.07, 6.45) is 2.32. The summed E-state index contributed by atoms with van der Waals surface area (Å²) in [4.78, 5) is 0.916. The molecule has 0 radical (unpaired) electrons. The number of nitrogen functional groups attached to an aromatic ring is 1. The van der Waals surface area contributed by atoms with Gasteiger partial charge in [-0.2, -0.15) is 0 Å². The lowest BCUT2D eigenvalue weighted by molar-refractivity contribution is 0.584. The van der Waals surface area contributed by atoms with Crippen LogP contribution in [0, 0.1) is 0 Å². The number of thioether (sulfide) groups is 1. The summed E-state index contributed by atoms with van der Waals surface area (Å²) in [5, 5.41) is 0. The Kier molecular flexibility index (Phi) is 6.24. The van der Waals surface area contributed by atoms with E-state index < -0.39 is 10.0 Å². The highest BCUT2D eigenvalue weighted by molar-refractivity contribution is 8.00. The maximum Gasteiger partial charge on any atom is 0.212 e. The molecule has 1 aromatic rings. The maximum absolute atomic E-state index is 11.6. The number of nitrogens with two attached hydrogens (primary N) is 1. The normalized spacial score (nSPS) is 11.3. The van der Waals surface area contributed by atoms with E-state index in [1.807, 2.05) is 18.2 Å². The second kappa shape index (κ2) is 7.45. The second-order valence-corrected chi connectivity index (χ2v) is 6.74. The van der Waals surface area contributed by atoms with Crippen molar-refractivity contribution in [2.75, 3.05) is 23.8 Å². The molecule has 6 heteroatoms. The molecule has 0 bridgehead atoms. The van der Waals surface area contributed by atoms with Crippen molar-refractivity contribution in [2.45, 2.75) is 11.3 Å². The highest BCUT2D eigenvalue weighted by atomic mass is 32.2. The van der Waals surface area contributed by atoms with Crippen LogP contribution in [0.3, 0.4) is 0 Å². The standard InChI is InChI=1S/C12H18N2O2S2/c1-2-3-8-14-18(15,16)10-9-17-12-7-5-4-6-11(12)13/h2,4-7,14H,1,3,8-10,13H2. The molecular formula is C12H18N2O2S2. The van der Waals surface area contributed by atoms with E-state index in [0.29, 0.717) is 24.4 Å². The van der Waals surface area contributed by atoms with Crippen LogP contribution in [0.2, 0.25) is 0 Å². The zero-order valence-corrected chi connectivity index (χ0v) is 11.8. The first-order chi connectivity index (χ1) is 8.55. The molecule has 0 amide bonds. The molecule has 0 fully saturated rings. The molecule has 0 atom stereocenters. The molecule has 0 unspecified atom stereocenters. The number of hydrogen-bond donors (Lipinski definition) is 2. The van der Waals surface area contributed by atoms with E-state index in [9.17, 15) is 8.42 Å². The third-order valence-corrected chi connectivity index (χ3v) is 4.93. The molecule has 1 aromatic carbocycles. The van der Waals surface area contributed by atoms with E-state index in [0.717, 1.165) is 4.90 Å². The summed E-state index contributed by atoms with van der Waals surface area (Å²) in [5.41, 5.74) is 6.45. The lowest BCUT2D eigenvalue weighted by Crippen LogP contribution is -2.28. The number of para-hydroxylation sites is 1. The molecule has 0 aromatic heterocycles. The van der Waals surface area contributed by atoms with Crippen LogP contribution in [0.1, 0.15) is 6.42 Å². The quantitative estimate of drug-likeness (QED) is 0.331. The van der Waals surface area contributed by atoms with Gasteiger partial charge in [-0.3, -0.25) is 0 Å². The minimum atomic E-state index is -3.20. The Morgan fingerprint density at radius 3 is 2.78 bits per heavy atom. The summed E-state index contributed by atoms with van der Waals surface area (Å²) in [7, 11) is -3.20. The van der Waals surface area contributed by atoms with Crippen LogP contribution in [0.25, 0.3) is 0 Å². The van der Waals surface area contributed by atoms with Gasteiger partial charge in [0.05, 0.1) is 5.75 Å². The monoisotopic (exact) mass is 286 g/mol. The van der Waals surface area contributed by atoms with E-state index in [-0.39, 0.29) is 5.75 Å². The van der Waals surface area contributed by atoms with Gasteiger partial charge in [0.1, 0.15) is 0 Å². The Balaban J connectivity index is 2.37. The zero-order chi connectivity index (χ0) is 13.4. The first-order valence-corrected chi connectivity index (χ1v) is 8.24. The van der Waals surface area contributed by atoms with Crippen molar-refractivity contribution in [3.05, 3.63) is 36.9 Å². The van der Waals surface area contributed by atoms with Crippen molar-refractivity contribution < 1.29 is 8.42 Å². The summed E-state index contributed by atoms with van der Waals surface area (Å²) < 4.78 is 25.7. The smallest absolute Gasteiger partial charge is 0.212 e. The Bertz CT molecular complexity index is 487. The van der Waals surface area contributed by atoms with Gasteiger partial charge >= 0.3 is 0 Å². The SMILES string of the molecule is C=CCCNS(=O)(=O)CCSc1ccccc1N. The average Bonchev–Trinajstić information content (AvgIpc) is 2.32. The molecule has 0 aliphatic heterocycles. The van der Waals surface area contributed by atoms with Crippen molar-refractivity contribution in [1.82, 2.24) is 4.72 Å². The predicted octanol–water partition coefficient (Wildman–Crippen LogP) is 1.86. The highest BCUT2D eigenvalue weighted by Crippen LogP contribution is 2.24. The Hall–Kier alpha value is -0.980. The van der Waals surface area contributed by atoms with Crippen molar-refractivity contribution in [3.63, 3.8) is 0 Å². The van der Waals surface area contributed by atoms with Gasteiger partial charge < -0.3 is 5.73 Å². The van der Waals surface area contributed by atoms with Gasteiger partial charge in [0.2, 0.25) is 10.0 Å². The Morgan fingerprint density at radius 2 is 2.11 bits per heavy atom. The summed E-state index contributed by atoms with van der Waals surface area (Å²) >= 11 is 1.45. The van der Waals surface area contributed by atoms with Crippen LogP contribution < -0.4 is 10.5 Å². The van der Waals surface area contributed by atoms with Crippen LogP contribution in [-0.2, 0) is 10.0 Å². The average molecular weight is 286 g/mol. The molecule has 3 N–H and O–H groups in total. The second-order valence-electron chi connectivity index (χ2n) is 3.68. The van der Waals surface area contributed by atoms with Crippen LogP contribution in [0.4, 0.5) is 5.69 Å². The lowest BCUT2D eigenvalue weighted by Gasteiger charge is -2.06. The van der Waals surface area contributed by atoms with Crippen molar-refractivity contribution in [1.29, 1.82) is 0 Å². The number of anilines is 1. The fourth-order valence-corrected chi connectivity index (χ4v) is 3.68. The van der Waals surface area contributed by atoms with Crippen molar-refractivity contribution in [3.8, 4) is 0 Å². The number of benzene rings is 1. The highest BCUT2D eigenvalue weighted by Gasteiger charge is 2.09. The first-order valence-electron chi connectivity index (χ1n) is 5.61. The van der Waals surface area contributed by atoms with E-state index in [1.54, 1.807) is 12.1 Å². The molecular weight excluding hydrogens is 268 g/mol. The van der Waals surface area contributed by atoms with Gasteiger partial charge in [-0.05, 0) is 18.6 Å². The number of rotatable bonds is 8. The van der Waals surface area contributed by atoms with Crippen molar-refractivity contribution >= 4 is 27.5 Å². The zero-order valence-electron chi connectivity index (χ0n) is 10.1. The number of hydrogen-bond acceptors (Lipinski definition) is 4. The molecule has 4 nitrogen and oxygen atoms in total. The van der Waals surface area contributed by atoms with Crippen molar-refractivity contribution in [2.24, 2.45) is 0 Å². The summed E-state index contributed by atoms with van der Waals surface area (Å²) in [6, 6.07) is 7.43. The third-order valence-electron chi connectivity index (χ3n) is 2.20. The maximum atomic E-state index is 11.6. The van der Waals surface area contributed by atoms with Crippen LogP contribution in [0.5, 0.6) is 0 Å². The summed E-state index contributed by atoms with van der Waals surface area (Å²) in [5.74, 6) is 0.570. The largest absolute Gasteiger partial charge is 0.398 e. The Morgan fingerprint density at radius 1 is 1.39 bits per heavy atom. The van der Waals surface area contributed by atoms with Gasteiger partial charge in [0, 0.05) is 22.9 Å². The number of nitrogens with one attached hydrogen (secondary N) is 1. The number of sulfonamides is 1. The van der Waals surface area contributed by atoms with Gasteiger partial charge in [-0.1, -0.05) is 18.2 Å². The molecule has 18 heavy (non-hydrogen) atoms. The fourth-order valence-electron chi connectivity index (χ4n) is 1.26. The minimum absolute atomic E-state index is 0.0865. The van der Waals surface area contributed by atoms with E-state index >= 15 is 0 Å². The van der Waals surface area contributed by atoms with Crippen LogP contribution >= 0.6 is 11.8 Å². The van der Waals surface area contributed by atoms with E-state index in [1.165, 1.54) is 11.8 Å². The van der Waals surface area contributed by atoms with E-state index in [4.69, 9.17) is 5.73 Å². The van der Waals surface area contributed by atoms with Gasteiger partial charge in [0.15, 0.2) is 0 Å². The third kappa shape index (κ3) is 5.57. The lowest BCUT2D eigenvalue weighted by atomic mass is 10.3. The van der Waals surface area contributed by atoms with Gasteiger partial charge in [-0.25, -0.2) is 13.1 Å². The molecule has 100 valence electrons. The van der Waals surface area contributed by atoms with Gasteiger partial charge in [-0.15, -0.1) is 18.3 Å². The fraction of sp³-hybridized carbons (Fsp3) is 0.333. The molecule has 0 heterocycles. The van der Waals surface area contributed by atoms with Crippen LogP contribution in [0.15, 0.2) is 41.8 Å². The van der Waals surface area contributed by atoms with Crippen LogP contribution in [-0.4, -0.2) is 26.5 Å². The van der Waals surface area contributed by atoms with E-state index in [2.05, 4.69) is 11.3 Å². The minimum Gasteiger partial charge on any atom is -0.398 e. The molecule has 1 rings (SSSR count). The first kappa shape index (κ1) is 15.1. The molecule has 0 aliphatic rings. The molecule has 0 spiro atoms.